The number of likely N-dealkylation sites (N-methyl/N-ethyl adjacent to an activating group) is 1. The molecule has 0 radical (unpaired) electrons. The van der Waals surface area contributed by atoms with Crippen LogP contribution in [0.15, 0.2) is 36.5 Å². The number of anilines is 1. The number of nitrogens with one attached hydrogen (secondary N) is 1. The van der Waals surface area contributed by atoms with Crippen LogP contribution in [0.5, 0.6) is 0 Å². The van der Waals surface area contributed by atoms with Crippen molar-refractivity contribution in [3.63, 3.8) is 0 Å². The third kappa shape index (κ3) is 4.34. The van der Waals surface area contributed by atoms with E-state index < -0.39 is 5.82 Å². The quantitative estimate of drug-likeness (QED) is 0.588. The molecule has 1 N–H and O–H groups in total. The Morgan fingerprint density at radius 3 is 2.78 bits per heavy atom. The molecular formula is C27H29FN8O. The van der Waals surface area contributed by atoms with E-state index in [2.05, 4.69) is 38.1 Å². The van der Waals surface area contributed by atoms with Gasteiger partial charge < -0.3 is 15.1 Å². The Morgan fingerprint density at radius 2 is 1.97 bits per heavy atom. The van der Waals surface area contributed by atoms with Gasteiger partial charge in [-0.05, 0) is 38.1 Å². The molecule has 1 amide bonds. The standard InChI is InChI=1S/C27H29FN8O/c1-33-10-12-34(13-11-33)19-5-3-8-35(17-19)24-7-9-36(32-24)23-14-21(31-22-16-30-27(37)26(22)23)25-18(15-29)4-2-6-20(25)28/h2,4,6-7,9,14,19H,3,5,8,10-13,16-17H2,1H3,(H,30,37)/t19-/m0/s1. The number of piperidine rings is 1. The Hall–Kier alpha value is -3.81. The van der Waals surface area contributed by atoms with Gasteiger partial charge in [-0.15, -0.1) is 0 Å². The molecule has 0 saturated carbocycles. The summed E-state index contributed by atoms with van der Waals surface area (Å²) in [5, 5.41) is 17.2. The lowest BCUT2D eigenvalue weighted by molar-refractivity contribution is 0.0965. The predicted molar refractivity (Wildman–Crippen MR) is 137 cm³/mol. The summed E-state index contributed by atoms with van der Waals surface area (Å²) in [6.45, 7) is 6.47. The van der Waals surface area contributed by atoms with Crippen molar-refractivity contribution in [2.45, 2.75) is 25.4 Å². The molecule has 2 aromatic heterocycles. The van der Waals surface area contributed by atoms with E-state index in [4.69, 9.17) is 5.10 Å². The van der Waals surface area contributed by atoms with E-state index in [1.165, 1.54) is 18.6 Å². The molecule has 1 aromatic carbocycles. The monoisotopic (exact) mass is 500 g/mol. The molecule has 37 heavy (non-hydrogen) atoms. The summed E-state index contributed by atoms with van der Waals surface area (Å²) >= 11 is 0. The molecule has 3 aromatic rings. The van der Waals surface area contributed by atoms with Gasteiger partial charge in [-0.1, -0.05) is 6.07 Å². The highest BCUT2D eigenvalue weighted by molar-refractivity contribution is 6.01. The van der Waals surface area contributed by atoms with Crippen LogP contribution in [0.4, 0.5) is 10.2 Å². The van der Waals surface area contributed by atoms with Crippen LogP contribution in [-0.2, 0) is 6.54 Å². The average Bonchev–Trinajstić information content (AvgIpc) is 3.56. The SMILES string of the molecule is CN1CCN([C@H]2CCCN(c3ccn(-c4cc(-c5c(F)cccc5C#N)nc5c4C(=O)NC5)n3)C2)CC1. The molecule has 190 valence electrons. The van der Waals surface area contributed by atoms with E-state index in [0.717, 1.165) is 51.5 Å². The first-order valence-corrected chi connectivity index (χ1v) is 12.8. The molecule has 0 spiro atoms. The van der Waals surface area contributed by atoms with Crippen LogP contribution in [0, 0.1) is 17.1 Å². The number of benzene rings is 1. The first-order chi connectivity index (χ1) is 18.0. The predicted octanol–water partition coefficient (Wildman–Crippen LogP) is 2.40. The Bertz CT molecular complexity index is 1390. The van der Waals surface area contributed by atoms with Gasteiger partial charge in [0.15, 0.2) is 5.82 Å². The maximum absolute atomic E-state index is 14.8. The number of hydrogen-bond acceptors (Lipinski definition) is 7. The fourth-order valence-electron chi connectivity index (χ4n) is 5.66. The van der Waals surface area contributed by atoms with Crippen molar-refractivity contribution in [2.24, 2.45) is 0 Å². The molecule has 3 aliphatic rings. The van der Waals surface area contributed by atoms with Crippen molar-refractivity contribution in [2.75, 3.05) is 51.2 Å². The van der Waals surface area contributed by atoms with Crippen molar-refractivity contribution in [1.29, 1.82) is 5.26 Å². The van der Waals surface area contributed by atoms with Crippen LogP contribution in [0.2, 0.25) is 0 Å². The van der Waals surface area contributed by atoms with Crippen LogP contribution in [0.3, 0.4) is 0 Å². The maximum Gasteiger partial charge on any atom is 0.255 e. The maximum atomic E-state index is 14.8. The Labute approximate surface area is 215 Å². The second kappa shape index (κ2) is 9.57. The summed E-state index contributed by atoms with van der Waals surface area (Å²) in [6, 6.07) is 10.6. The van der Waals surface area contributed by atoms with E-state index in [1.54, 1.807) is 16.8 Å². The molecule has 5 heterocycles. The molecule has 0 aliphatic carbocycles. The van der Waals surface area contributed by atoms with Gasteiger partial charge in [0.1, 0.15) is 5.82 Å². The number of hydrogen-bond donors (Lipinski definition) is 1. The number of aromatic nitrogens is 3. The third-order valence-electron chi connectivity index (χ3n) is 7.70. The largest absolute Gasteiger partial charge is 0.354 e. The summed E-state index contributed by atoms with van der Waals surface area (Å²) in [5.74, 6) is 0.0929. The summed E-state index contributed by atoms with van der Waals surface area (Å²) in [6.07, 6.45) is 4.13. The van der Waals surface area contributed by atoms with Crippen molar-refractivity contribution in [3.05, 3.63) is 59.2 Å². The third-order valence-corrected chi connectivity index (χ3v) is 7.70. The zero-order chi connectivity index (χ0) is 25.5. The van der Waals surface area contributed by atoms with Gasteiger partial charge in [0.2, 0.25) is 0 Å². The number of halogens is 1. The summed E-state index contributed by atoms with van der Waals surface area (Å²) in [7, 11) is 2.17. The van der Waals surface area contributed by atoms with Crippen LogP contribution in [-0.4, -0.2) is 82.8 Å². The molecule has 2 fully saturated rings. The fraction of sp³-hybridized carbons (Fsp3) is 0.407. The van der Waals surface area contributed by atoms with Crippen molar-refractivity contribution < 1.29 is 9.18 Å². The number of amides is 1. The number of carbonyl (C=O) groups is 1. The van der Waals surface area contributed by atoms with E-state index in [1.807, 2.05) is 12.3 Å². The average molecular weight is 501 g/mol. The van der Waals surface area contributed by atoms with Crippen LogP contribution >= 0.6 is 0 Å². The second-order valence-corrected chi connectivity index (χ2v) is 10.0. The summed E-state index contributed by atoms with van der Waals surface area (Å²) < 4.78 is 16.5. The highest BCUT2D eigenvalue weighted by Gasteiger charge is 2.30. The number of pyridine rings is 1. The lowest BCUT2D eigenvalue weighted by Crippen LogP contribution is -2.54. The van der Waals surface area contributed by atoms with E-state index in [-0.39, 0.29) is 23.6 Å². The van der Waals surface area contributed by atoms with Gasteiger partial charge in [-0.2, -0.15) is 10.4 Å². The van der Waals surface area contributed by atoms with Gasteiger partial charge in [0, 0.05) is 57.6 Å². The smallest absolute Gasteiger partial charge is 0.255 e. The number of nitriles is 1. The molecule has 3 aliphatic heterocycles. The van der Waals surface area contributed by atoms with E-state index >= 15 is 0 Å². The molecule has 6 rings (SSSR count). The lowest BCUT2D eigenvalue weighted by Gasteiger charge is -2.42. The van der Waals surface area contributed by atoms with Gasteiger partial charge in [0.25, 0.3) is 5.91 Å². The molecule has 2 saturated heterocycles. The van der Waals surface area contributed by atoms with Crippen LogP contribution < -0.4 is 10.2 Å². The molecule has 10 heteroatoms. The second-order valence-electron chi connectivity index (χ2n) is 10.0. The van der Waals surface area contributed by atoms with E-state index in [0.29, 0.717) is 28.7 Å². The van der Waals surface area contributed by atoms with E-state index in [9.17, 15) is 14.4 Å². The van der Waals surface area contributed by atoms with Crippen molar-refractivity contribution in [3.8, 4) is 23.0 Å². The first kappa shape index (κ1) is 23.6. The molecule has 0 unspecified atom stereocenters. The first-order valence-electron chi connectivity index (χ1n) is 12.8. The highest BCUT2D eigenvalue weighted by Crippen LogP contribution is 2.32. The van der Waals surface area contributed by atoms with Gasteiger partial charge in [-0.3, -0.25) is 9.69 Å². The van der Waals surface area contributed by atoms with Crippen molar-refractivity contribution >= 4 is 11.7 Å². The summed E-state index contributed by atoms with van der Waals surface area (Å²) in [4.78, 5) is 24.5. The van der Waals surface area contributed by atoms with Gasteiger partial charge in [-0.25, -0.2) is 14.1 Å². The molecular weight excluding hydrogens is 471 g/mol. The number of nitrogens with zero attached hydrogens (tertiary/aromatic N) is 7. The Kier molecular flexibility index (Phi) is 6.10. The summed E-state index contributed by atoms with van der Waals surface area (Å²) in [5.41, 5.74) is 2.12. The normalized spacial score (nSPS) is 20.5. The Morgan fingerprint density at radius 1 is 1.14 bits per heavy atom. The zero-order valence-corrected chi connectivity index (χ0v) is 20.8. The van der Waals surface area contributed by atoms with Crippen molar-refractivity contribution in [1.82, 2.24) is 29.9 Å². The molecule has 1 atom stereocenters. The number of fused-ring (bicyclic) bond motifs is 1. The van der Waals surface area contributed by atoms with Crippen LogP contribution in [0.1, 0.15) is 34.5 Å². The lowest BCUT2D eigenvalue weighted by atomic mass is 10.0. The van der Waals surface area contributed by atoms with Crippen LogP contribution in [0.25, 0.3) is 16.9 Å². The van der Waals surface area contributed by atoms with Gasteiger partial charge >= 0.3 is 0 Å². The number of carbonyl (C=O) groups excluding carboxylic acids is 1. The minimum atomic E-state index is -0.529. The zero-order valence-electron chi connectivity index (χ0n) is 20.8. The number of rotatable bonds is 4. The number of piperazine rings is 1. The highest BCUT2D eigenvalue weighted by atomic mass is 19.1. The topological polar surface area (TPSA) is 93.3 Å². The minimum absolute atomic E-state index is 0.131. The Balaban J connectivity index is 1.33. The molecule has 9 nitrogen and oxygen atoms in total. The fourth-order valence-corrected chi connectivity index (χ4v) is 5.66. The van der Waals surface area contributed by atoms with Gasteiger partial charge in [0.05, 0.1) is 46.4 Å². The molecule has 0 bridgehead atoms. The minimum Gasteiger partial charge on any atom is -0.354 e.